The first-order chi connectivity index (χ1) is 5.99. The third-order valence-electron chi connectivity index (χ3n) is 2.29. The molecule has 0 unspecified atom stereocenters. The Labute approximate surface area is 81.3 Å². The molecule has 4 heteroatoms. The molecule has 0 aromatic rings. The van der Waals surface area contributed by atoms with Crippen LogP contribution in [0.2, 0.25) is 0 Å². The van der Waals surface area contributed by atoms with Gasteiger partial charge in [-0.15, -0.1) is 0 Å². The van der Waals surface area contributed by atoms with Crippen LogP contribution in [0.5, 0.6) is 0 Å². The molecular formula is C9H20O3S. The van der Waals surface area contributed by atoms with E-state index in [1.165, 1.54) is 0 Å². The molecule has 0 amide bonds. The van der Waals surface area contributed by atoms with Crippen molar-refractivity contribution in [2.75, 3.05) is 5.75 Å². The zero-order valence-electron chi connectivity index (χ0n) is 8.49. The standard InChI is InChI=1S/C9H20O3S/c1-3-6-9(4-2)7-5-8-13(10,11)12/h9H,3-8H2,1-2H3,(H,10,11,12)/t9-/m1/s1. The molecule has 0 bridgehead atoms. The second-order valence-corrected chi connectivity index (χ2v) is 5.06. The lowest BCUT2D eigenvalue weighted by molar-refractivity contribution is 0.421. The van der Waals surface area contributed by atoms with E-state index >= 15 is 0 Å². The van der Waals surface area contributed by atoms with Gasteiger partial charge in [-0.1, -0.05) is 33.1 Å². The lowest BCUT2D eigenvalue weighted by atomic mass is 9.96. The molecule has 0 aliphatic carbocycles. The minimum Gasteiger partial charge on any atom is -0.286 e. The van der Waals surface area contributed by atoms with Crippen molar-refractivity contribution >= 4 is 10.1 Å². The van der Waals surface area contributed by atoms with Crippen molar-refractivity contribution in [1.82, 2.24) is 0 Å². The van der Waals surface area contributed by atoms with Gasteiger partial charge in [0.25, 0.3) is 10.1 Å². The van der Waals surface area contributed by atoms with Crippen molar-refractivity contribution in [2.24, 2.45) is 5.92 Å². The van der Waals surface area contributed by atoms with E-state index in [-0.39, 0.29) is 5.75 Å². The van der Waals surface area contributed by atoms with Gasteiger partial charge in [-0.05, 0) is 18.8 Å². The first kappa shape index (κ1) is 12.9. The Balaban J connectivity index is 3.61. The predicted molar refractivity (Wildman–Crippen MR) is 54.3 cm³/mol. The van der Waals surface area contributed by atoms with Gasteiger partial charge in [-0.25, -0.2) is 0 Å². The van der Waals surface area contributed by atoms with Crippen molar-refractivity contribution in [2.45, 2.75) is 46.0 Å². The maximum atomic E-state index is 10.4. The average Bonchev–Trinajstić information content (AvgIpc) is 2.01. The number of hydrogen-bond donors (Lipinski definition) is 1. The third-order valence-corrected chi connectivity index (χ3v) is 3.09. The Kier molecular flexibility index (Phi) is 6.33. The smallest absolute Gasteiger partial charge is 0.264 e. The van der Waals surface area contributed by atoms with Crippen LogP contribution in [0.25, 0.3) is 0 Å². The Morgan fingerprint density at radius 1 is 1.23 bits per heavy atom. The topological polar surface area (TPSA) is 54.4 Å². The maximum absolute atomic E-state index is 10.4. The normalized spacial score (nSPS) is 14.4. The van der Waals surface area contributed by atoms with Gasteiger partial charge in [0.2, 0.25) is 0 Å². The Hall–Kier alpha value is -0.0900. The largest absolute Gasteiger partial charge is 0.286 e. The second kappa shape index (κ2) is 6.38. The molecule has 0 spiro atoms. The molecule has 0 aromatic heterocycles. The number of hydrogen-bond acceptors (Lipinski definition) is 2. The molecule has 80 valence electrons. The molecule has 0 aliphatic heterocycles. The van der Waals surface area contributed by atoms with Gasteiger partial charge in [-0.2, -0.15) is 8.42 Å². The summed E-state index contributed by atoms with van der Waals surface area (Å²) >= 11 is 0. The number of rotatable bonds is 7. The lowest BCUT2D eigenvalue weighted by Crippen LogP contribution is -2.06. The Morgan fingerprint density at radius 2 is 1.85 bits per heavy atom. The van der Waals surface area contributed by atoms with Crippen molar-refractivity contribution < 1.29 is 13.0 Å². The summed E-state index contributed by atoms with van der Waals surface area (Å²) < 4.78 is 29.3. The summed E-state index contributed by atoms with van der Waals surface area (Å²) in [5, 5.41) is 0. The molecule has 1 atom stereocenters. The van der Waals surface area contributed by atoms with E-state index in [0.29, 0.717) is 12.3 Å². The highest BCUT2D eigenvalue weighted by molar-refractivity contribution is 7.85. The van der Waals surface area contributed by atoms with Gasteiger partial charge in [0.15, 0.2) is 0 Å². The highest BCUT2D eigenvalue weighted by Gasteiger charge is 2.08. The van der Waals surface area contributed by atoms with Crippen LogP contribution in [0.4, 0.5) is 0 Å². The van der Waals surface area contributed by atoms with E-state index < -0.39 is 10.1 Å². The first-order valence-electron chi connectivity index (χ1n) is 4.94. The average molecular weight is 208 g/mol. The molecule has 1 N–H and O–H groups in total. The van der Waals surface area contributed by atoms with Gasteiger partial charge in [0, 0.05) is 0 Å². The summed E-state index contributed by atoms with van der Waals surface area (Å²) in [5.74, 6) is 0.527. The van der Waals surface area contributed by atoms with Gasteiger partial charge in [0.05, 0.1) is 5.75 Å². The fourth-order valence-electron chi connectivity index (χ4n) is 1.52. The van der Waals surface area contributed by atoms with Crippen molar-refractivity contribution in [3.63, 3.8) is 0 Å². The van der Waals surface area contributed by atoms with Crippen LogP contribution in [0, 0.1) is 5.92 Å². The fraction of sp³-hybridized carbons (Fsp3) is 1.00. The van der Waals surface area contributed by atoms with E-state index in [4.69, 9.17) is 4.55 Å². The highest BCUT2D eigenvalue weighted by Crippen LogP contribution is 2.17. The zero-order chi connectivity index (χ0) is 10.3. The molecule has 0 aliphatic rings. The maximum Gasteiger partial charge on any atom is 0.264 e. The van der Waals surface area contributed by atoms with Gasteiger partial charge < -0.3 is 0 Å². The van der Waals surface area contributed by atoms with Crippen molar-refractivity contribution in [1.29, 1.82) is 0 Å². The SMILES string of the molecule is CCC[C@@H](CC)CCCS(=O)(=O)O. The zero-order valence-corrected chi connectivity index (χ0v) is 9.31. The van der Waals surface area contributed by atoms with Crippen molar-refractivity contribution in [3.05, 3.63) is 0 Å². The predicted octanol–water partition coefficient (Wildman–Crippen LogP) is 2.48. The molecule has 0 radical (unpaired) electrons. The molecule has 13 heavy (non-hydrogen) atoms. The van der Waals surface area contributed by atoms with Gasteiger partial charge in [0.1, 0.15) is 0 Å². The van der Waals surface area contributed by atoms with Crippen LogP contribution in [-0.4, -0.2) is 18.7 Å². The molecule has 0 aromatic carbocycles. The van der Waals surface area contributed by atoms with Crippen molar-refractivity contribution in [3.8, 4) is 0 Å². The Morgan fingerprint density at radius 3 is 2.23 bits per heavy atom. The quantitative estimate of drug-likeness (QED) is 0.654. The molecule has 3 nitrogen and oxygen atoms in total. The van der Waals surface area contributed by atoms with Crippen LogP contribution >= 0.6 is 0 Å². The van der Waals surface area contributed by atoms with Crippen LogP contribution in [-0.2, 0) is 10.1 Å². The minimum atomic E-state index is -3.74. The summed E-state index contributed by atoms with van der Waals surface area (Å²) in [5.41, 5.74) is 0. The van der Waals surface area contributed by atoms with Crippen LogP contribution < -0.4 is 0 Å². The summed E-state index contributed by atoms with van der Waals surface area (Å²) in [4.78, 5) is 0. The highest BCUT2D eigenvalue weighted by atomic mass is 32.2. The fourth-order valence-corrected chi connectivity index (χ4v) is 2.05. The molecule has 0 saturated carbocycles. The van der Waals surface area contributed by atoms with E-state index in [1.54, 1.807) is 0 Å². The minimum absolute atomic E-state index is 0.0901. The second-order valence-electron chi connectivity index (χ2n) is 3.49. The molecule has 0 fully saturated rings. The first-order valence-corrected chi connectivity index (χ1v) is 6.55. The summed E-state index contributed by atoms with van der Waals surface area (Å²) in [6, 6.07) is 0. The van der Waals surface area contributed by atoms with Crippen LogP contribution in [0.15, 0.2) is 0 Å². The van der Waals surface area contributed by atoms with Crippen LogP contribution in [0.3, 0.4) is 0 Å². The van der Waals surface area contributed by atoms with Gasteiger partial charge >= 0.3 is 0 Å². The molecule has 0 heterocycles. The van der Waals surface area contributed by atoms with E-state index in [2.05, 4.69) is 13.8 Å². The molecule has 0 saturated heterocycles. The lowest BCUT2D eigenvalue weighted by Gasteiger charge is -2.12. The summed E-state index contributed by atoms with van der Waals surface area (Å²) in [6.45, 7) is 4.25. The molecular weight excluding hydrogens is 188 g/mol. The molecule has 0 rings (SSSR count). The third kappa shape index (κ3) is 8.25. The van der Waals surface area contributed by atoms with Gasteiger partial charge in [-0.3, -0.25) is 4.55 Å². The Bertz CT molecular complexity index is 209. The van der Waals surface area contributed by atoms with Crippen LogP contribution in [0.1, 0.15) is 46.0 Å². The summed E-state index contributed by atoms with van der Waals surface area (Å²) in [7, 11) is -3.74. The summed E-state index contributed by atoms with van der Waals surface area (Å²) in [6.07, 6.45) is 4.88. The monoisotopic (exact) mass is 208 g/mol. The van der Waals surface area contributed by atoms with E-state index in [0.717, 1.165) is 25.7 Å². The van der Waals surface area contributed by atoms with E-state index in [1.807, 2.05) is 0 Å². The van der Waals surface area contributed by atoms with E-state index in [9.17, 15) is 8.42 Å².